The number of likely N-dealkylation sites (N-methyl/N-ethyl adjacent to an activating group) is 1. The van der Waals surface area contributed by atoms with Crippen molar-refractivity contribution in [3.63, 3.8) is 0 Å². The molecule has 0 aromatic heterocycles. The van der Waals surface area contributed by atoms with E-state index in [9.17, 15) is 0 Å². The van der Waals surface area contributed by atoms with Gasteiger partial charge in [0.25, 0.3) is 0 Å². The van der Waals surface area contributed by atoms with E-state index in [0.717, 1.165) is 77.8 Å². The highest BCUT2D eigenvalue weighted by atomic mass is 16.5. The van der Waals surface area contributed by atoms with Gasteiger partial charge in [0.1, 0.15) is 0 Å². The summed E-state index contributed by atoms with van der Waals surface area (Å²) in [5.41, 5.74) is 0. The van der Waals surface area contributed by atoms with Crippen LogP contribution in [0.4, 0.5) is 0 Å². The molecule has 0 aromatic rings. The fourth-order valence-corrected chi connectivity index (χ4v) is 2.31. The molecule has 0 aromatic carbocycles. The predicted molar refractivity (Wildman–Crippen MR) is 93.1 cm³/mol. The maximum absolute atomic E-state index is 5.73. The Kier molecular flexibility index (Phi) is 11.9. The molecule has 7 heteroatoms. The Morgan fingerprint density at radius 2 is 2.00 bits per heavy atom. The number of hydrogen-bond acceptors (Lipinski definition) is 5. The number of hydrogen-bond donors (Lipinski definition) is 2. The number of nitrogens with zero attached hydrogens (tertiary/aromatic N) is 2. The lowest BCUT2D eigenvalue weighted by Gasteiger charge is -2.17. The minimum Gasteiger partial charge on any atom is -0.383 e. The van der Waals surface area contributed by atoms with Gasteiger partial charge in [0.2, 0.25) is 0 Å². The molecule has 0 amide bonds. The zero-order chi connectivity index (χ0) is 16.8. The van der Waals surface area contributed by atoms with Crippen LogP contribution < -0.4 is 10.6 Å². The van der Waals surface area contributed by atoms with E-state index in [2.05, 4.69) is 27.6 Å². The highest BCUT2D eigenvalue weighted by Gasteiger charge is 2.15. The maximum atomic E-state index is 5.73. The van der Waals surface area contributed by atoms with Gasteiger partial charge >= 0.3 is 0 Å². The van der Waals surface area contributed by atoms with Crippen LogP contribution in [0.5, 0.6) is 0 Å². The normalized spacial score (nSPS) is 18.6. The molecule has 0 saturated carbocycles. The van der Waals surface area contributed by atoms with E-state index in [-0.39, 0.29) is 0 Å². The van der Waals surface area contributed by atoms with Crippen molar-refractivity contribution >= 4 is 5.96 Å². The van der Waals surface area contributed by atoms with Gasteiger partial charge in [-0.2, -0.15) is 0 Å². The van der Waals surface area contributed by atoms with E-state index >= 15 is 0 Å². The fourth-order valence-electron chi connectivity index (χ4n) is 2.31. The molecule has 0 bridgehead atoms. The molecular weight excluding hydrogens is 296 g/mol. The van der Waals surface area contributed by atoms with Crippen molar-refractivity contribution in [1.82, 2.24) is 15.5 Å². The van der Waals surface area contributed by atoms with Gasteiger partial charge in [-0.05, 0) is 32.9 Å². The third kappa shape index (κ3) is 10.5. The minimum absolute atomic E-state index is 0.294. The van der Waals surface area contributed by atoms with Crippen molar-refractivity contribution < 1.29 is 14.2 Å². The molecular formula is C16H34N4O3. The van der Waals surface area contributed by atoms with Crippen molar-refractivity contribution in [3.8, 4) is 0 Å². The van der Waals surface area contributed by atoms with Crippen LogP contribution in [0.1, 0.15) is 19.3 Å². The molecule has 1 unspecified atom stereocenters. The molecule has 23 heavy (non-hydrogen) atoms. The Hall–Kier alpha value is -0.890. The Balaban J connectivity index is 1.94. The van der Waals surface area contributed by atoms with Crippen LogP contribution in [-0.4, -0.2) is 90.8 Å². The summed E-state index contributed by atoms with van der Waals surface area (Å²) in [5.74, 6) is 0.855. The van der Waals surface area contributed by atoms with Crippen molar-refractivity contribution in [2.45, 2.75) is 25.4 Å². The van der Waals surface area contributed by atoms with Gasteiger partial charge in [0.05, 0.1) is 19.3 Å². The smallest absolute Gasteiger partial charge is 0.190 e. The molecule has 0 radical (unpaired) electrons. The van der Waals surface area contributed by atoms with Gasteiger partial charge in [0.15, 0.2) is 5.96 Å². The second-order valence-corrected chi connectivity index (χ2v) is 5.79. The summed E-state index contributed by atoms with van der Waals surface area (Å²) < 4.78 is 16.1. The first-order valence-corrected chi connectivity index (χ1v) is 8.57. The maximum Gasteiger partial charge on any atom is 0.190 e. The number of ether oxygens (including phenoxy) is 3. The van der Waals surface area contributed by atoms with E-state index < -0.39 is 0 Å². The Bertz CT molecular complexity index is 310. The number of rotatable bonds is 12. The van der Waals surface area contributed by atoms with Crippen LogP contribution in [0, 0.1) is 0 Å². The number of guanidine groups is 1. The fraction of sp³-hybridized carbons (Fsp3) is 0.938. The van der Waals surface area contributed by atoms with Crippen molar-refractivity contribution in [1.29, 1.82) is 0 Å². The first-order chi connectivity index (χ1) is 11.3. The molecule has 1 fully saturated rings. The van der Waals surface area contributed by atoms with Crippen molar-refractivity contribution in [2.75, 3.05) is 73.8 Å². The Labute approximate surface area is 140 Å². The van der Waals surface area contributed by atoms with E-state index in [1.807, 2.05) is 0 Å². The average molecular weight is 330 g/mol. The average Bonchev–Trinajstić information content (AvgIpc) is 3.07. The van der Waals surface area contributed by atoms with E-state index in [4.69, 9.17) is 14.2 Å². The molecule has 136 valence electrons. The van der Waals surface area contributed by atoms with Crippen LogP contribution in [-0.2, 0) is 14.2 Å². The first-order valence-electron chi connectivity index (χ1n) is 8.57. The number of methoxy groups -OCH3 is 1. The van der Waals surface area contributed by atoms with E-state index in [1.54, 1.807) is 14.2 Å². The molecule has 1 aliphatic rings. The lowest BCUT2D eigenvalue weighted by molar-refractivity contribution is 0.0420. The first kappa shape index (κ1) is 20.2. The summed E-state index contributed by atoms with van der Waals surface area (Å²) in [4.78, 5) is 6.50. The molecule has 2 N–H and O–H groups in total. The van der Waals surface area contributed by atoms with Crippen LogP contribution >= 0.6 is 0 Å². The summed E-state index contributed by atoms with van der Waals surface area (Å²) in [7, 11) is 5.64. The molecule has 0 spiro atoms. The topological polar surface area (TPSA) is 67.4 Å². The van der Waals surface area contributed by atoms with Crippen LogP contribution in [0.25, 0.3) is 0 Å². The predicted octanol–water partition coefficient (Wildman–Crippen LogP) is 0.315. The molecule has 1 aliphatic heterocycles. The summed E-state index contributed by atoms with van der Waals surface area (Å²) in [6, 6.07) is 0. The van der Waals surface area contributed by atoms with Crippen LogP contribution in [0.15, 0.2) is 4.99 Å². The van der Waals surface area contributed by atoms with Gasteiger partial charge in [-0.15, -0.1) is 0 Å². The summed E-state index contributed by atoms with van der Waals surface area (Å²) >= 11 is 0. The summed E-state index contributed by atoms with van der Waals surface area (Å²) in [6.07, 6.45) is 3.36. The third-order valence-corrected chi connectivity index (χ3v) is 3.76. The summed E-state index contributed by atoms with van der Waals surface area (Å²) in [6.45, 7) is 6.91. The van der Waals surface area contributed by atoms with Crippen LogP contribution in [0.2, 0.25) is 0 Å². The Morgan fingerprint density at radius 1 is 1.22 bits per heavy atom. The zero-order valence-corrected chi connectivity index (χ0v) is 15.0. The number of nitrogens with one attached hydrogen (secondary N) is 2. The molecule has 1 atom stereocenters. The second kappa shape index (κ2) is 13.5. The largest absolute Gasteiger partial charge is 0.383 e. The molecule has 1 saturated heterocycles. The van der Waals surface area contributed by atoms with Gasteiger partial charge in [-0.25, -0.2) is 0 Å². The van der Waals surface area contributed by atoms with Gasteiger partial charge < -0.3 is 29.7 Å². The van der Waals surface area contributed by atoms with Gasteiger partial charge in [-0.3, -0.25) is 4.99 Å². The van der Waals surface area contributed by atoms with Crippen molar-refractivity contribution in [3.05, 3.63) is 0 Å². The highest BCUT2D eigenvalue weighted by Crippen LogP contribution is 2.07. The number of aliphatic imine (C=N–C) groups is 1. The van der Waals surface area contributed by atoms with Crippen LogP contribution in [0.3, 0.4) is 0 Å². The van der Waals surface area contributed by atoms with E-state index in [0.29, 0.717) is 6.10 Å². The quantitative estimate of drug-likeness (QED) is 0.305. The zero-order valence-electron chi connectivity index (χ0n) is 15.0. The molecule has 1 heterocycles. The summed E-state index contributed by atoms with van der Waals surface area (Å²) in [5, 5.41) is 6.64. The van der Waals surface area contributed by atoms with E-state index in [1.165, 1.54) is 0 Å². The molecule has 1 rings (SSSR count). The standard InChI is InChI=1S/C16H34N4O3/c1-17-16(18-7-4-9-20(2)10-13-21-3)19-8-5-11-23-15-6-12-22-14-15/h15H,4-14H2,1-3H3,(H2,17,18,19). The second-order valence-electron chi connectivity index (χ2n) is 5.79. The SMILES string of the molecule is CN=C(NCCCOC1CCOC1)NCCCN(C)CCOC. The lowest BCUT2D eigenvalue weighted by atomic mass is 10.3. The Morgan fingerprint density at radius 3 is 2.65 bits per heavy atom. The van der Waals surface area contributed by atoms with Gasteiger partial charge in [0, 0.05) is 47.0 Å². The highest BCUT2D eigenvalue weighted by molar-refractivity contribution is 5.79. The third-order valence-electron chi connectivity index (χ3n) is 3.76. The molecule has 0 aliphatic carbocycles. The molecule has 7 nitrogen and oxygen atoms in total. The van der Waals surface area contributed by atoms with Gasteiger partial charge in [-0.1, -0.05) is 0 Å². The minimum atomic E-state index is 0.294. The van der Waals surface area contributed by atoms with Crippen molar-refractivity contribution in [2.24, 2.45) is 4.99 Å². The lowest BCUT2D eigenvalue weighted by Crippen LogP contribution is -2.39. The monoisotopic (exact) mass is 330 g/mol.